The van der Waals surface area contributed by atoms with E-state index >= 15 is 0 Å². The third-order valence-electron chi connectivity index (χ3n) is 3.81. The molecule has 0 aromatic heterocycles. The normalized spacial score (nSPS) is 32.9. The summed E-state index contributed by atoms with van der Waals surface area (Å²) in [5.41, 5.74) is -1.94. The molecule has 0 unspecified atom stereocenters. The molecule has 1 N–H and O–H groups in total. The van der Waals surface area contributed by atoms with Gasteiger partial charge >= 0.3 is 12.1 Å². The van der Waals surface area contributed by atoms with Crippen molar-refractivity contribution in [1.82, 2.24) is 4.90 Å². The number of aliphatic carboxylic acids is 1. The molecular weight excluding hydrogens is 250 g/mol. The number of methoxy groups -OCH3 is 1. The van der Waals surface area contributed by atoms with Crippen LogP contribution in [0.3, 0.4) is 0 Å². The van der Waals surface area contributed by atoms with E-state index in [0.717, 1.165) is 0 Å². The SMILES string of the molecule is COCC12CN(C(=O)OC(C)(C)C)C(C(=O)O)(C1)C2. The number of hydrogen-bond acceptors (Lipinski definition) is 4. The van der Waals surface area contributed by atoms with Crippen LogP contribution >= 0.6 is 0 Å². The summed E-state index contributed by atoms with van der Waals surface area (Å²) in [6.45, 7) is 6.17. The quantitative estimate of drug-likeness (QED) is 0.841. The summed E-state index contributed by atoms with van der Waals surface area (Å²) in [5, 5.41) is 9.42. The van der Waals surface area contributed by atoms with E-state index in [4.69, 9.17) is 9.47 Å². The van der Waals surface area contributed by atoms with Gasteiger partial charge < -0.3 is 14.6 Å². The number of carbonyl (C=O) groups is 2. The van der Waals surface area contributed by atoms with Crippen LogP contribution < -0.4 is 0 Å². The van der Waals surface area contributed by atoms with Gasteiger partial charge in [0, 0.05) is 19.1 Å². The predicted octanol–water partition coefficient (Wildman–Crippen LogP) is 1.49. The number of rotatable bonds is 3. The summed E-state index contributed by atoms with van der Waals surface area (Å²) >= 11 is 0. The number of hydrogen-bond donors (Lipinski definition) is 1. The fraction of sp³-hybridized carbons (Fsp3) is 0.846. The van der Waals surface area contributed by atoms with E-state index in [9.17, 15) is 14.7 Å². The molecule has 19 heavy (non-hydrogen) atoms. The van der Waals surface area contributed by atoms with Gasteiger partial charge in [-0.3, -0.25) is 4.90 Å². The molecule has 3 fully saturated rings. The average molecular weight is 271 g/mol. The van der Waals surface area contributed by atoms with Crippen molar-refractivity contribution in [2.45, 2.75) is 44.8 Å². The van der Waals surface area contributed by atoms with Gasteiger partial charge in [-0.2, -0.15) is 0 Å². The molecule has 3 aliphatic rings. The van der Waals surface area contributed by atoms with Gasteiger partial charge in [0.05, 0.1) is 6.61 Å². The Morgan fingerprint density at radius 3 is 2.32 bits per heavy atom. The third-order valence-corrected chi connectivity index (χ3v) is 3.81. The molecule has 0 radical (unpaired) electrons. The molecule has 2 bridgehead atoms. The van der Waals surface area contributed by atoms with E-state index in [1.54, 1.807) is 27.9 Å². The van der Waals surface area contributed by atoms with Crippen molar-refractivity contribution >= 4 is 12.1 Å². The number of carboxylic acid groups (broad SMARTS) is 1. The molecule has 0 atom stereocenters. The van der Waals surface area contributed by atoms with E-state index in [1.807, 2.05) is 0 Å². The van der Waals surface area contributed by atoms with Gasteiger partial charge in [-0.1, -0.05) is 0 Å². The molecular formula is C13H21NO5. The van der Waals surface area contributed by atoms with Crippen molar-refractivity contribution in [2.24, 2.45) is 5.41 Å². The maximum atomic E-state index is 12.2. The number of fused-ring (bicyclic) bond motifs is 1. The van der Waals surface area contributed by atoms with Crippen LogP contribution in [0.1, 0.15) is 33.6 Å². The number of ether oxygens (including phenoxy) is 2. The average Bonchev–Trinajstić information content (AvgIpc) is 2.66. The van der Waals surface area contributed by atoms with E-state index < -0.39 is 23.2 Å². The number of carboxylic acids is 1. The van der Waals surface area contributed by atoms with Crippen LogP contribution in [0.15, 0.2) is 0 Å². The van der Waals surface area contributed by atoms with Crippen molar-refractivity contribution in [3.8, 4) is 0 Å². The van der Waals surface area contributed by atoms with Crippen molar-refractivity contribution in [3.05, 3.63) is 0 Å². The van der Waals surface area contributed by atoms with Crippen LogP contribution in [0.25, 0.3) is 0 Å². The van der Waals surface area contributed by atoms with Gasteiger partial charge in [0.2, 0.25) is 0 Å². The highest BCUT2D eigenvalue weighted by Gasteiger charge is 2.71. The Hall–Kier alpha value is -1.30. The van der Waals surface area contributed by atoms with Crippen LogP contribution in [0, 0.1) is 5.41 Å². The highest BCUT2D eigenvalue weighted by atomic mass is 16.6. The first-order valence-corrected chi connectivity index (χ1v) is 6.37. The standard InChI is InChI=1S/C13H21NO5/c1-11(2,3)19-10(17)14-7-12(8-18-4)5-13(14,6-12)9(15)16/h5-8H2,1-4H3,(H,15,16). The minimum atomic E-state index is -1.10. The summed E-state index contributed by atoms with van der Waals surface area (Å²) < 4.78 is 10.4. The molecule has 2 heterocycles. The van der Waals surface area contributed by atoms with Crippen LogP contribution in [0.4, 0.5) is 4.79 Å². The lowest BCUT2D eigenvalue weighted by Gasteiger charge is -2.43. The minimum Gasteiger partial charge on any atom is -0.479 e. The molecule has 0 aromatic rings. The first-order valence-electron chi connectivity index (χ1n) is 6.37. The van der Waals surface area contributed by atoms with Crippen LogP contribution in [-0.2, 0) is 14.3 Å². The van der Waals surface area contributed by atoms with Gasteiger partial charge in [-0.25, -0.2) is 9.59 Å². The molecule has 0 spiro atoms. The summed E-state index contributed by atoms with van der Waals surface area (Å²) in [6, 6.07) is 0. The Labute approximate surface area is 112 Å². The Kier molecular flexibility index (Phi) is 3.04. The zero-order chi connectivity index (χ0) is 14.5. The van der Waals surface area contributed by atoms with Gasteiger partial charge in [0.1, 0.15) is 11.1 Å². The largest absolute Gasteiger partial charge is 0.479 e. The Morgan fingerprint density at radius 2 is 1.89 bits per heavy atom. The molecule has 3 rings (SSSR count). The van der Waals surface area contributed by atoms with Crippen molar-refractivity contribution in [2.75, 3.05) is 20.3 Å². The highest BCUT2D eigenvalue weighted by molar-refractivity contribution is 5.87. The molecule has 2 aliphatic heterocycles. The number of amides is 1. The maximum Gasteiger partial charge on any atom is 0.411 e. The topological polar surface area (TPSA) is 76.1 Å². The fourth-order valence-corrected chi connectivity index (χ4v) is 3.26. The second-order valence-corrected chi connectivity index (χ2v) is 6.69. The van der Waals surface area contributed by atoms with Gasteiger partial charge in [-0.15, -0.1) is 0 Å². The van der Waals surface area contributed by atoms with Crippen LogP contribution in [0.5, 0.6) is 0 Å². The third kappa shape index (κ3) is 2.18. The van der Waals surface area contributed by atoms with Crippen molar-refractivity contribution in [1.29, 1.82) is 0 Å². The Balaban J connectivity index is 2.17. The van der Waals surface area contributed by atoms with E-state index in [-0.39, 0.29) is 5.41 Å². The monoisotopic (exact) mass is 271 g/mol. The number of carbonyl (C=O) groups excluding carboxylic acids is 1. The summed E-state index contributed by atoms with van der Waals surface area (Å²) in [5.74, 6) is -0.956. The van der Waals surface area contributed by atoms with E-state index in [2.05, 4.69) is 0 Å². The van der Waals surface area contributed by atoms with Crippen molar-refractivity contribution in [3.63, 3.8) is 0 Å². The predicted molar refractivity (Wildman–Crippen MR) is 66.8 cm³/mol. The summed E-state index contributed by atoms with van der Waals surface area (Å²) in [7, 11) is 1.59. The Morgan fingerprint density at radius 1 is 1.32 bits per heavy atom. The van der Waals surface area contributed by atoms with Gasteiger partial charge in [-0.05, 0) is 33.6 Å². The molecule has 1 saturated carbocycles. The molecule has 6 heteroatoms. The minimum absolute atomic E-state index is 0.218. The van der Waals surface area contributed by atoms with Gasteiger partial charge in [0.15, 0.2) is 0 Å². The summed E-state index contributed by atoms with van der Waals surface area (Å²) in [6.07, 6.45) is 0.343. The lowest BCUT2D eigenvalue weighted by molar-refractivity contribution is -0.155. The maximum absolute atomic E-state index is 12.2. The lowest BCUT2D eigenvalue weighted by atomic mass is 9.62. The first kappa shape index (κ1) is 14.1. The van der Waals surface area contributed by atoms with Crippen LogP contribution in [0.2, 0.25) is 0 Å². The van der Waals surface area contributed by atoms with Gasteiger partial charge in [0.25, 0.3) is 0 Å². The zero-order valence-corrected chi connectivity index (χ0v) is 11.9. The summed E-state index contributed by atoms with van der Waals surface area (Å²) in [4.78, 5) is 25.0. The first-order chi connectivity index (χ1) is 8.64. The van der Waals surface area contributed by atoms with E-state index in [1.165, 1.54) is 4.90 Å². The smallest absolute Gasteiger partial charge is 0.411 e. The second-order valence-electron chi connectivity index (χ2n) is 6.69. The molecule has 108 valence electrons. The highest BCUT2D eigenvalue weighted by Crippen LogP contribution is 2.59. The molecule has 2 saturated heterocycles. The zero-order valence-electron chi connectivity index (χ0n) is 11.9. The Bertz CT molecular complexity index is 406. The number of nitrogens with zero attached hydrogens (tertiary/aromatic N) is 1. The van der Waals surface area contributed by atoms with Crippen molar-refractivity contribution < 1.29 is 24.2 Å². The molecule has 0 aromatic carbocycles. The lowest BCUT2D eigenvalue weighted by Crippen LogP contribution is -2.58. The van der Waals surface area contributed by atoms with E-state index in [0.29, 0.717) is 26.0 Å². The van der Waals surface area contributed by atoms with Crippen LogP contribution in [-0.4, -0.2) is 53.5 Å². The fourth-order valence-electron chi connectivity index (χ4n) is 3.26. The second kappa shape index (κ2) is 4.10. The molecule has 6 nitrogen and oxygen atoms in total. The molecule has 1 amide bonds. The molecule has 1 aliphatic carbocycles.